The van der Waals surface area contributed by atoms with Crippen molar-refractivity contribution in [2.45, 2.75) is 51.4 Å². The summed E-state index contributed by atoms with van der Waals surface area (Å²) in [4.78, 5) is 27.2. The van der Waals surface area contributed by atoms with Crippen molar-refractivity contribution in [3.05, 3.63) is 137 Å². The summed E-state index contributed by atoms with van der Waals surface area (Å²) in [5.74, 6) is -1.01. The molecule has 0 aliphatic carbocycles. The van der Waals surface area contributed by atoms with Crippen molar-refractivity contribution in [2.75, 3.05) is 24.2 Å². The lowest BCUT2D eigenvalue weighted by Gasteiger charge is -2.26. The summed E-state index contributed by atoms with van der Waals surface area (Å²) in [6.07, 6.45) is 1.38. The number of hydrogen-bond acceptors (Lipinski definition) is 6. The van der Waals surface area contributed by atoms with Gasteiger partial charge in [0.15, 0.2) is 0 Å². The number of nitrogens with zero attached hydrogens (tertiary/aromatic N) is 1. The van der Waals surface area contributed by atoms with E-state index in [1.807, 2.05) is 79.7 Å². The standard InChI is InChI=1S/C37H44N4O5S/c1-5-27-15-12-16-29(19-27)24-38-25-35(42)34(20-28-13-8-6-9-14-28)40-37(44)32-21-31(22-33(23-32)41(3)47(4,45)46)36(43)39-26(2)30-17-10-7-11-18-30/h6-19,21-23,26,34-35,38,42H,5,20,24-25H2,1-4H3,(H,39,43)(H,40,44). The van der Waals surface area contributed by atoms with Gasteiger partial charge in [0.2, 0.25) is 10.0 Å². The highest BCUT2D eigenvalue weighted by atomic mass is 32.2. The normalized spacial score (nSPS) is 13.3. The van der Waals surface area contributed by atoms with E-state index in [0.717, 1.165) is 33.7 Å². The molecule has 0 fully saturated rings. The Hall–Kier alpha value is -4.51. The molecule has 0 aliphatic heterocycles. The van der Waals surface area contributed by atoms with Crippen LogP contribution in [0.4, 0.5) is 5.69 Å². The number of amides is 2. The largest absolute Gasteiger partial charge is 0.390 e. The molecule has 10 heteroatoms. The lowest BCUT2D eigenvalue weighted by molar-refractivity contribution is 0.0830. The first-order chi connectivity index (χ1) is 22.4. The van der Waals surface area contributed by atoms with Gasteiger partial charge < -0.3 is 21.1 Å². The Morgan fingerprint density at radius 2 is 1.36 bits per heavy atom. The molecule has 2 amide bonds. The Kier molecular flexibility index (Phi) is 12.3. The van der Waals surface area contributed by atoms with Crippen molar-refractivity contribution >= 4 is 27.5 Å². The molecule has 0 heterocycles. The van der Waals surface area contributed by atoms with Gasteiger partial charge in [-0.25, -0.2) is 8.42 Å². The van der Waals surface area contributed by atoms with Gasteiger partial charge in [-0.3, -0.25) is 13.9 Å². The van der Waals surface area contributed by atoms with Crippen LogP contribution >= 0.6 is 0 Å². The van der Waals surface area contributed by atoms with Gasteiger partial charge in [0.05, 0.1) is 30.1 Å². The van der Waals surface area contributed by atoms with Crippen molar-refractivity contribution in [3.8, 4) is 0 Å². The molecule has 248 valence electrons. The number of aliphatic hydroxyl groups is 1. The van der Waals surface area contributed by atoms with Crippen LogP contribution in [0.2, 0.25) is 0 Å². The Bertz CT molecular complexity index is 1750. The van der Waals surface area contributed by atoms with Crippen molar-refractivity contribution in [1.82, 2.24) is 16.0 Å². The number of carbonyl (C=O) groups is 2. The summed E-state index contributed by atoms with van der Waals surface area (Å²) in [6.45, 7) is 4.72. The average molecular weight is 657 g/mol. The zero-order valence-corrected chi connectivity index (χ0v) is 28.1. The van der Waals surface area contributed by atoms with Crippen molar-refractivity contribution in [1.29, 1.82) is 0 Å². The van der Waals surface area contributed by atoms with Gasteiger partial charge in [0, 0.05) is 31.3 Å². The molecular weight excluding hydrogens is 612 g/mol. The second kappa shape index (κ2) is 16.4. The molecule has 0 aromatic heterocycles. The number of rotatable bonds is 15. The zero-order valence-electron chi connectivity index (χ0n) is 27.3. The number of sulfonamides is 1. The molecule has 3 unspecified atom stereocenters. The summed E-state index contributed by atoms with van der Waals surface area (Å²) >= 11 is 0. The molecule has 0 aliphatic rings. The fourth-order valence-corrected chi connectivity index (χ4v) is 5.71. The first kappa shape index (κ1) is 35.3. The lowest BCUT2D eigenvalue weighted by atomic mass is 9.99. The molecule has 0 radical (unpaired) electrons. The number of carbonyl (C=O) groups excluding carboxylic acids is 2. The second-order valence-corrected chi connectivity index (χ2v) is 13.8. The Morgan fingerprint density at radius 1 is 0.787 bits per heavy atom. The molecule has 9 nitrogen and oxygen atoms in total. The van der Waals surface area contributed by atoms with E-state index in [1.165, 1.54) is 30.8 Å². The Labute approximate surface area is 278 Å². The van der Waals surface area contributed by atoms with E-state index in [-0.39, 0.29) is 29.4 Å². The first-order valence-electron chi connectivity index (χ1n) is 15.7. The monoisotopic (exact) mass is 656 g/mol. The molecule has 4 aromatic rings. The minimum atomic E-state index is -3.70. The smallest absolute Gasteiger partial charge is 0.251 e. The van der Waals surface area contributed by atoms with Crippen LogP contribution in [0, 0.1) is 0 Å². The van der Waals surface area contributed by atoms with Gasteiger partial charge in [-0.15, -0.1) is 0 Å². The molecule has 0 saturated carbocycles. The number of nitrogens with one attached hydrogen (secondary N) is 3. The summed E-state index contributed by atoms with van der Waals surface area (Å²) < 4.78 is 25.9. The van der Waals surface area contributed by atoms with Crippen LogP contribution in [-0.4, -0.2) is 57.3 Å². The van der Waals surface area contributed by atoms with E-state index in [1.54, 1.807) is 0 Å². The minimum Gasteiger partial charge on any atom is -0.390 e. The van der Waals surface area contributed by atoms with Gasteiger partial charge in [-0.2, -0.15) is 0 Å². The van der Waals surface area contributed by atoms with Crippen LogP contribution in [0.15, 0.2) is 103 Å². The number of hydrogen-bond donors (Lipinski definition) is 4. The maximum absolute atomic E-state index is 13.8. The summed E-state index contributed by atoms with van der Waals surface area (Å²) in [5.41, 5.74) is 4.52. The van der Waals surface area contributed by atoms with Gasteiger partial charge in [-0.05, 0) is 60.2 Å². The van der Waals surface area contributed by atoms with Crippen LogP contribution in [0.1, 0.15) is 62.9 Å². The van der Waals surface area contributed by atoms with E-state index in [4.69, 9.17) is 0 Å². The van der Waals surface area contributed by atoms with Crippen LogP contribution < -0.4 is 20.3 Å². The average Bonchev–Trinajstić information content (AvgIpc) is 3.07. The molecular formula is C37H44N4O5S. The van der Waals surface area contributed by atoms with E-state index in [9.17, 15) is 23.1 Å². The maximum atomic E-state index is 13.8. The third-order valence-corrected chi connectivity index (χ3v) is 9.32. The van der Waals surface area contributed by atoms with E-state index >= 15 is 0 Å². The van der Waals surface area contributed by atoms with E-state index in [2.05, 4.69) is 35.0 Å². The summed E-state index contributed by atoms with van der Waals surface area (Å²) in [5, 5.41) is 20.5. The minimum absolute atomic E-state index is 0.0881. The summed E-state index contributed by atoms with van der Waals surface area (Å²) in [7, 11) is -2.33. The predicted octanol–water partition coefficient (Wildman–Crippen LogP) is 4.63. The van der Waals surface area contributed by atoms with Gasteiger partial charge in [0.1, 0.15) is 0 Å². The highest BCUT2D eigenvalue weighted by molar-refractivity contribution is 7.92. The van der Waals surface area contributed by atoms with Crippen molar-refractivity contribution in [3.63, 3.8) is 0 Å². The van der Waals surface area contributed by atoms with Gasteiger partial charge >= 0.3 is 0 Å². The van der Waals surface area contributed by atoms with Gasteiger partial charge in [0.25, 0.3) is 11.8 Å². The van der Waals surface area contributed by atoms with Crippen LogP contribution in [-0.2, 0) is 29.4 Å². The third kappa shape index (κ3) is 10.2. The second-order valence-electron chi connectivity index (χ2n) is 11.7. The number of aryl methyl sites for hydroxylation is 1. The fraction of sp³-hybridized carbons (Fsp3) is 0.297. The predicted molar refractivity (Wildman–Crippen MR) is 187 cm³/mol. The molecule has 4 N–H and O–H groups in total. The summed E-state index contributed by atoms with van der Waals surface area (Å²) in [6, 6.07) is 30.5. The lowest BCUT2D eigenvalue weighted by Crippen LogP contribution is -2.48. The SMILES string of the molecule is CCc1cccc(CNCC(O)C(Cc2ccccc2)NC(=O)c2cc(C(=O)NC(C)c3ccccc3)cc(N(C)S(C)(=O)=O)c2)c1. The molecule has 4 aromatic carbocycles. The molecule has 3 atom stereocenters. The number of aliphatic hydroxyl groups excluding tert-OH is 1. The Balaban J connectivity index is 1.58. The highest BCUT2D eigenvalue weighted by Crippen LogP contribution is 2.22. The van der Waals surface area contributed by atoms with Crippen LogP contribution in [0.5, 0.6) is 0 Å². The first-order valence-corrected chi connectivity index (χ1v) is 17.6. The molecule has 47 heavy (non-hydrogen) atoms. The van der Waals surface area contributed by atoms with Crippen molar-refractivity contribution in [2.24, 2.45) is 0 Å². The quantitative estimate of drug-likeness (QED) is 0.148. The van der Waals surface area contributed by atoms with Gasteiger partial charge in [-0.1, -0.05) is 91.9 Å². The highest BCUT2D eigenvalue weighted by Gasteiger charge is 2.25. The van der Waals surface area contributed by atoms with Crippen LogP contribution in [0.25, 0.3) is 0 Å². The topological polar surface area (TPSA) is 128 Å². The molecule has 4 rings (SSSR count). The van der Waals surface area contributed by atoms with E-state index < -0.39 is 34.0 Å². The fourth-order valence-electron chi connectivity index (χ4n) is 5.22. The molecule has 0 bridgehead atoms. The zero-order chi connectivity index (χ0) is 34.0. The Morgan fingerprint density at radius 3 is 1.98 bits per heavy atom. The number of benzene rings is 4. The maximum Gasteiger partial charge on any atom is 0.251 e. The van der Waals surface area contributed by atoms with Crippen molar-refractivity contribution < 1.29 is 23.1 Å². The number of anilines is 1. The third-order valence-electron chi connectivity index (χ3n) is 8.11. The van der Waals surface area contributed by atoms with E-state index in [0.29, 0.717) is 13.0 Å². The van der Waals surface area contributed by atoms with Crippen LogP contribution in [0.3, 0.4) is 0 Å². The molecule has 0 spiro atoms. The molecule has 0 saturated heterocycles.